The smallest absolute Gasteiger partial charge is 0.147 e. The Morgan fingerprint density at radius 1 is 1.54 bits per heavy atom. The summed E-state index contributed by atoms with van der Waals surface area (Å²) in [6.45, 7) is 3.00. The molecule has 1 atom stereocenters. The van der Waals surface area contributed by atoms with Gasteiger partial charge in [-0.25, -0.2) is 4.39 Å². The summed E-state index contributed by atoms with van der Waals surface area (Å²) in [5.41, 5.74) is 1.76. The molecule has 0 aromatic heterocycles. The Morgan fingerprint density at radius 3 is 3.08 bits per heavy atom. The van der Waals surface area contributed by atoms with Crippen LogP contribution < -0.4 is 5.32 Å². The van der Waals surface area contributed by atoms with Gasteiger partial charge in [0, 0.05) is 11.0 Å². The normalized spacial score (nSPS) is 20.7. The number of fused-ring (bicyclic) bond motifs is 1. The zero-order valence-electron chi connectivity index (χ0n) is 7.40. The molecule has 0 amide bonds. The number of hydrogen-bond donors (Lipinski definition) is 1. The second kappa shape index (κ2) is 3.29. The van der Waals surface area contributed by atoms with Gasteiger partial charge >= 0.3 is 0 Å². The third kappa shape index (κ3) is 1.57. The lowest BCUT2D eigenvalue weighted by atomic mass is 9.93. The van der Waals surface area contributed by atoms with E-state index in [0.29, 0.717) is 11.6 Å². The lowest BCUT2D eigenvalue weighted by Gasteiger charge is -2.24. The first-order chi connectivity index (χ1) is 6.18. The van der Waals surface area contributed by atoms with Crippen LogP contribution in [0.25, 0.3) is 0 Å². The lowest BCUT2D eigenvalue weighted by Crippen LogP contribution is -2.16. The molecule has 0 aliphatic carbocycles. The van der Waals surface area contributed by atoms with E-state index in [-0.39, 0.29) is 5.82 Å². The molecule has 1 aromatic rings. The van der Waals surface area contributed by atoms with E-state index in [1.807, 2.05) is 6.07 Å². The summed E-state index contributed by atoms with van der Waals surface area (Å²) in [5, 5.41) is 3.09. The van der Waals surface area contributed by atoms with Gasteiger partial charge in [0.25, 0.3) is 0 Å². The fourth-order valence-electron chi connectivity index (χ4n) is 1.74. The molecule has 3 heteroatoms. The lowest BCUT2D eigenvalue weighted by molar-refractivity contribution is 0.607. The Balaban J connectivity index is 2.56. The molecule has 0 fully saturated rings. The van der Waals surface area contributed by atoms with Crippen LogP contribution in [-0.4, -0.2) is 6.54 Å². The monoisotopic (exact) mass is 243 g/mol. The van der Waals surface area contributed by atoms with Gasteiger partial charge in [0.15, 0.2) is 0 Å². The molecule has 1 nitrogen and oxygen atoms in total. The highest BCUT2D eigenvalue weighted by Crippen LogP contribution is 2.35. The highest BCUT2D eigenvalue weighted by atomic mass is 79.9. The highest BCUT2D eigenvalue weighted by Gasteiger charge is 2.19. The van der Waals surface area contributed by atoms with E-state index in [1.165, 1.54) is 6.07 Å². The number of hydrogen-bond acceptors (Lipinski definition) is 1. The van der Waals surface area contributed by atoms with Crippen molar-refractivity contribution in [2.24, 2.45) is 0 Å². The summed E-state index contributed by atoms with van der Waals surface area (Å²) in [6.07, 6.45) is 1.07. The largest absolute Gasteiger partial charge is 0.382 e. The minimum atomic E-state index is -0.157. The van der Waals surface area contributed by atoms with Crippen LogP contribution in [0.1, 0.15) is 24.8 Å². The van der Waals surface area contributed by atoms with Crippen LogP contribution in [0, 0.1) is 5.82 Å². The number of nitrogens with one attached hydrogen (secondary N) is 1. The Hall–Kier alpha value is -0.570. The SMILES string of the molecule is CC1CCNc2c(F)cc(Br)cc21. The fraction of sp³-hybridized carbons (Fsp3) is 0.400. The first kappa shape index (κ1) is 9.00. The number of benzene rings is 1. The van der Waals surface area contributed by atoms with Gasteiger partial charge in [-0.15, -0.1) is 0 Å². The topological polar surface area (TPSA) is 12.0 Å². The van der Waals surface area contributed by atoms with Gasteiger partial charge in [-0.2, -0.15) is 0 Å². The average Bonchev–Trinajstić information content (AvgIpc) is 2.07. The second-order valence-corrected chi connectivity index (χ2v) is 4.38. The van der Waals surface area contributed by atoms with E-state index < -0.39 is 0 Å². The van der Waals surface area contributed by atoms with Crippen molar-refractivity contribution in [3.05, 3.63) is 28.0 Å². The van der Waals surface area contributed by atoms with Gasteiger partial charge in [-0.05, 0) is 30.0 Å². The first-order valence-electron chi connectivity index (χ1n) is 4.41. The summed E-state index contributed by atoms with van der Waals surface area (Å²) in [5.74, 6) is 0.291. The van der Waals surface area contributed by atoms with Gasteiger partial charge in [-0.3, -0.25) is 0 Å². The first-order valence-corrected chi connectivity index (χ1v) is 5.20. The minimum Gasteiger partial charge on any atom is -0.382 e. The third-order valence-corrected chi connectivity index (χ3v) is 2.95. The molecule has 1 aromatic carbocycles. The van der Waals surface area contributed by atoms with Crippen LogP contribution in [0.3, 0.4) is 0 Å². The van der Waals surface area contributed by atoms with Gasteiger partial charge < -0.3 is 5.32 Å². The van der Waals surface area contributed by atoms with Crippen LogP contribution in [-0.2, 0) is 0 Å². The van der Waals surface area contributed by atoms with Crippen molar-refractivity contribution in [1.29, 1.82) is 0 Å². The van der Waals surface area contributed by atoms with Crippen molar-refractivity contribution in [3.63, 3.8) is 0 Å². The van der Waals surface area contributed by atoms with Crippen LogP contribution >= 0.6 is 15.9 Å². The predicted octanol–water partition coefficient (Wildman–Crippen LogP) is 3.51. The minimum absolute atomic E-state index is 0.157. The van der Waals surface area contributed by atoms with E-state index in [9.17, 15) is 4.39 Å². The van der Waals surface area contributed by atoms with Gasteiger partial charge in [-0.1, -0.05) is 22.9 Å². The van der Waals surface area contributed by atoms with Crippen LogP contribution in [0.4, 0.5) is 10.1 Å². The molecule has 1 aliphatic rings. The maximum atomic E-state index is 13.4. The van der Waals surface area contributed by atoms with E-state index in [4.69, 9.17) is 0 Å². The number of anilines is 1. The summed E-state index contributed by atoms with van der Waals surface area (Å²) in [7, 11) is 0. The maximum Gasteiger partial charge on any atom is 0.147 e. The summed E-state index contributed by atoms with van der Waals surface area (Å²) < 4.78 is 14.2. The molecule has 2 rings (SSSR count). The van der Waals surface area contributed by atoms with E-state index >= 15 is 0 Å². The molecular weight excluding hydrogens is 233 g/mol. The second-order valence-electron chi connectivity index (χ2n) is 3.47. The zero-order valence-corrected chi connectivity index (χ0v) is 8.99. The van der Waals surface area contributed by atoms with Crippen molar-refractivity contribution in [1.82, 2.24) is 0 Å². The number of rotatable bonds is 0. The van der Waals surface area contributed by atoms with Gasteiger partial charge in [0.1, 0.15) is 5.82 Å². The molecule has 1 heterocycles. The molecule has 1 N–H and O–H groups in total. The number of halogens is 2. The Morgan fingerprint density at radius 2 is 2.31 bits per heavy atom. The Kier molecular flexibility index (Phi) is 2.28. The zero-order chi connectivity index (χ0) is 9.42. The molecule has 70 valence electrons. The molecule has 0 radical (unpaired) electrons. The fourth-order valence-corrected chi connectivity index (χ4v) is 2.19. The quantitative estimate of drug-likeness (QED) is 0.736. The van der Waals surface area contributed by atoms with Crippen LogP contribution in [0.5, 0.6) is 0 Å². The molecule has 13 heavy (non-hydrogen) atoms. The van der Waals surface area contributed by atoms with Crippen molar-refractivity contribution in [2.45, 2.75) is 19.3 Å². The molecular formula is C10H11BrFN. The Bertz CT molecular complexity index is 338. The van der Waals surface area contributed by atoms with Gasteiger partial charge in [0.05, 0.1) is 5.69 Å². The van der Waals surface area contributed by atoms with Gasteiger partial charge in [0.2, 0.25) is 0 Å². The van der Waals surface area contributed by atoms with E-state index in [1.54, 1.807) is 0 Å². The molecule has 1 aliphatic heterocycles. The molecule has 0 spiro atoms. The van der Waals surface area contributed by atoms with Crippen molar-refractivity contribution >= 4 is 21.6 Å². The average molecular weight is 244 g/mol. The molecule has 0 bridgehead atoms. The predicted molar refractivity (Wildman–Crippen MR) is 55.6 cm³/mol. The summed E-state index contributed by atoms with van der Waals surface area (Å²) in [4.78, 5) is 0. The molecule has 1 unspecified atom stereocenters. The van der Waals surface area contributed by atoms with Crippen molar-refractivity contribution < 1.29 is 4.39 Å². The summed E-state index contributed by atoms with van der Waals surface area (Å²) in [6, 6.07) is 3.50. The van der Waals surface area contributed by atoms with Crippen LogP contribution in [0.2, 0.25) is 0 Å². The molecule has 0 saturated heterocycles. The van der Waals surface area contributed by atoms with E-state index in [0.717, 1.165) is 23.0 Å². The summed E-state index contributed by atoms with van der Waals surface area (Å²) >= 11 is 3.30. The standard InChI is InChI=1S/C10H11BrFN/c1-6-2-3-13-10-8(6)4-7(11)5-9(10)12/h4-6,13H,2-3H2,1H3. The third-order valence-electron chi connectivity index (χ3n) is 2.50. The Labute approximate surface area is 85.5 Å². The maximum absolute atomic E-state index is 13.4. The van der Waals surface area contributed by atoms with Crippen LogP contribution in [0.15, 0.2) is 16.6 Å². The van der Waals surface area contributed by atoms with E-state index in [2.05, 4.69) is 28.2 Å². The van der Waals surface area contributed by atoms with Crippen molar-refractivity contribution in [3.8, 4) is 0 Å². The molecule has 0 saturated carbocycles. The van der Waals surface area contributed by atoms with Crippen molar-refractivity contribution in [2.75, 3.05) is 11.9 Å². The highest BCUT2D eigenvalue weighted by molar-refractivity contribution is 9.10.